The van der Waals surface area contributed by atoms with Crippen molar-refractivity contribution in [3.05, 3.63) is 40.9 Å². The average molecular weight is 323 g/mol. The van der Waals surface area contributed by atoms with Crippen molar-refractivity contribution in [3.63, 3.8) is 0 Å². The van der Waals surface area contributed by atoms with Crippen molar-refractivity contribution < 1.29 is 0 Å². The van der Waals surface area contributed by atoms with Gasteiger partial charge in [-0.05, 0) is 29.5 Å². The lowest BCUT2D eigenvalue weighted by Gasteiger charge is -2.19. The molecule has 2 heterocycles. The van der Waals surface area contributed by atoms with E-state index < -0.39 is 0 Å². The Labute approximate surface area is 134 Å². The lowest BCUT2D eigenvalue weighted by Crippen LogP contribution is -2.12. The number of thioether (sulfide) groups is 1. The number of pyridine rings is 1. The molecule has 0 saturated heterocycles. The Morgan fingerprint density at radius 1 is 1.29 bits per heavy atom. The molecule has 2 rings (SSSR count). The first-order valence-corrected chi connectivity index (χ1v) is 8.09. The third kappa shape index (κ3) is 4.58. The Morgan fingerprint density at radius 3 is 2.71 bits per heavy atom. The largest absolute Gasteiger partial charge is 0.395 e. The molecule has 0 aliphatic rings. The molecular weight excluding hydrogens is 304 g/mol. The Hall–Kier alpha value is -1.33. The van der Waals surface area contributed by atoms with Crippen molar-refractivity contribution >= 4 is 29.1 Å². The predicted molar refractivity (Wildman–Crippen MR) is 88.8 cm³/mol. The molecule has 6 heteroatoms. The molecular formula is C15H19ClN4S. The van der Waals surface area contributed by atoms with E-state index >= 15 is 0 Å². The molecule has 0 unspecified atom stereocenters. The third-order valence-electron chi connectivity index (χ3n) is 3.02. The number of aryl methyl sites for hydroxylation is 1. The van der Waals surface area contributed by atoms with Gasteiger partial charge in [-0.15, -0.1) is 0 Å². The van der Waals surface area contributed by atoms with E-state index in [-0.39, 0.29) is 5.41 Å². The fourth-order valence-electron chi connectivity index (χ4n) is 1.75. The van der Waals surface area contributed by atoms with Gasteiger partial charge in [0.15, 0.2) is 10.3 Å². The number of nitrogens with two attached hydrogens (primary N) is 1. The lowest BCUT2D eigenvalue weighted by atomic mass is 9.87. The second-order valence-electron chi connectivity index (χ2n) is 5.78. The van der Waals surface area contributed by atoms with E-state index in [9.17, 15) is 0 Å². The fourth-order valence-corrected chi connectivity index (χ4v) is 2.71. The molecule has 0 aromatic carbocycles. The molecule has 0 aliphatic heterocycles. The van der Waals surface area contributed by atoms with Crippen molar-refractivity contribution in [1.29, 1.82) is 0 Å². The maximum absolute atomic E-state index is 5.88. The molecule has 0 saturated carbocycles. The van der Waals surface area contributed by atoms with Gasteiger partial charge in [-0.3, -0.25) is 4.98 Å². The third-order valence-corrected chi connectivity index (χ3v) is 4.18. The second-order valence-corrected chi connectivity index (χ2v) is 7.20. The molecule has 0 fully saturated rings. The SMILES string of the molecule is CC(C)(C)c1ccnc(CCSc2ncc(N)c(Cl)n2)c1. The van der Waals surface area contributed by atoms with Crippen LogP contribution in [0.1, 0.15) is 32.0 Å². The zero-order valence-electron chi connectivity index (χ0n) is 12.4. The van der Waals surface area contributed by atoms with Crippen LogP contribution in [0.25, 0.3) is 0 Å². The van der Waals surface area contributed by atoms with E-state index in [1.165, 1.54) is 11.8 Å². The quantitative estimate of drug-likeness (QED) is 0.527. The van der Waals surface area contributed by atoms with Gasteiger partial charge in [0.05, 0.1) is 11.9 Å². The monoisotopic (exact) mass is 322 g/mol. The standard InChI is InChI=1S/C15H19ClN4S/c1-15(2,3)10-4-6-18-11(8-10)5-7-21-14-19-9-12(17)13(16)20-14/h4,6,8-9H,5,7,17H2,1-3H3. The summed E-state index contributed by atoms with van der Waals surface area (Å²) in [6.07, 6.45) is 4.27. The molecule has 0 spiro atoms. The molecule has 4 nitrogen and oxygen atoms in total. The topological polar surface area (TPSA) is 64.7 Å². The van der Waals surface area contributed by atoms with Crippen LogP contribution in [0, 0.1) is 0 Å². The molecule has 21 heavy (non-hydrogen) atoms. The van der Waals surface area contributed by atoms with E-state index in [2.05, 4.69) is 47.9 Å². The minimum Gasteiger partial charge on any atom is -0.395 e. The van der Waals surface area contributed by atoms with E-state index in [1.807, 2.05) is 6.20 Å². The summed E-state index contributed by atoms with van der Waals surface area (Å²) in [6.45, 7) is 6.60. The second kappa shape index (κ2) is 6.62. The number of rotatable bonds is 4. The maximum Gasteiger partial charge on any atom is 0.189 e. The molecule has 0 amide bonds. The number of hydrogen-bond donors (Lipinski definition) is 1. The first-order valence-electron chi connectivity index (χ1n) is 6.72. The van der Waals surface area contributed by atoms with Crippen molar-refractivity contribution in [2.45, 2.75) is 37.8 Å². The van der Waals surface area contributed by atoms with Crippen LogP contribution in [-0.2, 0) is 11.8 Å². The zero-order chi connectivity index (χ0) is 15.5. The minimum atomic E-state index is 0.137. The van der Waals surface area contributed by atoms with Crippen LogP contribution in [0.15, 0.2) is 29.7 Å². The van der Waals surface area contributed by atoms with Gasteiger partial charge in [-0.25, -0.2) is 9.97 Å². The normalized spacial score (nSPS) is 11.6. The Morgan fingerprint density at radius 2 is 2.05 bits per heavy atom. The van der Waals surface area contributed by atoms with Crippen LogP contribution < -0.4 is 5.73 Å². The number of anilines is 1. The Balaban J connectivity index is 1.96. The van der Waals surface area contributed by atoms with Crippen molar-refractivity contribution in [3.8, 4) is 0 Å². The fraction of sp³-hybridized carbons (Fsp3) is 0.400. The van der Waals surface area contributed by atoms with Crippen LogP contribution in [0.4, 0.5) is 5.69 Å². The van der Waals surface area contributed by atoms with Gasteiger partial charge < -0.3 is 5.73 Å². The number of aromatic nitrogens is 3. The summed E-state index contributed by atoms with van der Waals surface area (Å²) in [4.78, 5) is 12.7. The first kappa shape index (κ1) is 16.0. The van der Waals surface area contributed by atoms with Gasteiger partial charge in [-0.1, -0.05) is 44.1 Å². The molecule has 112 valence electrons. The summed E-state index contributed by atoms with van der Waals surface area (Å²) >= 11 is 7.43. The lowest BCUT2D eigenvalue weighted by molar-refractivity contribution is 0.588. The highest BCUT2D eigenvalue weighted by atomic mass is 35.5. The van der Waals surface area contributed by atoms with E-state index in [0.29, 0.717) is 16.0 Å². The highest BCUT2D eigenvalue weighted by molar-refractivity contribution is 7.99. The number of halogens is 1. The van der Waals surface area contributed by atoms with E-state index in [0.717, 1.165) is 17.9 Å². The summed E-state index contributed by atoms with van der Waals surface area (Å²) in [5, 5.41) is 0.946. The van der Waals surface area contributed by atoms with Crippen molar-refractivity contribution in [2.75, 3.05) is 11.5 Å². The van der Waals surface area contributed by atoms with Gasteiger partial charge in [0.2, 0.25) is 0 Å². The first-order chi connectivity index (χ1) is 9.86. The van der Waals surface area contributed by atoms with Crippen LogP contribution in [0.5, 0.6) is 0 Å². The minimum absolute atomic E-state index is 0.137. The average Bonchev–Trinajstić information content (AvgIpc) is 2.42. The summed E-state index contributed by atoms with van der Waals surface area (Å²) < 4.78 is 0. The number of hydrogen-bond acceptors (Lipinski definition) is 5. The summed E-state index contributed by atoms with van der Waals surface area (Å²) in [5.41, 5.74) is 8.51. The highest BCUT2D eigenvalue weighted by Crippen LogP contribution is 2.23. The van der Waals surface area contributed by atoms with Crippen molar-refractivity contribution in [2.24, 2.45) is 0 Å². The Bertz CT molecular complexity index is 625. The van der Waals surface area contributed by atoms with Crippen LogP contribution in [-0.4, -0.2) is 20.7 Å². The van der Waals surface area contributed by atoms with Gasteiger partial charge in [-0.2, -0.15) is 0 Å². The summed E-state index contributed by atoms with van der Waals surface area (Å²) in [6, 6.07) is 4.23. The van der Waals surface area contributed by atoms with Gasteiger partial charge >= 0.3 is 0 Å². The molecule has 2 N–H and O–H groups in total. The van der Waals surface area contributed by atoms with Gasteiger partial charge in [0, 0.05) is 17.6 Å². The summed E-state index contributed by atoms with van der Waals surface area (Å²) in [5.74, 6) is 0.848. The zero-order valence-corrected chi connectivity index (χ0v) is 14.0. The molecule has 0 atom stereocenters. The van der Waals surface area contributed by atoms with Crippen LogP contribution >= 0.6 is 23.4 Å². The predicted octanol–water partition coefficient (Wildman–Crippen LogP) is 3.74. The highest BCUT2D eigenvalue weighted by Gasteiger charge is 2.14. The number of nitrogens with zero attached hydrogens (tertiary/aromatic N) is 3. The molecule has 2 aromatic heterocycles. The van der Waals surface area contributed by atoms with E-state index in [1.54, 1.807) is 11.8 Å². The van der Waals surface area contributed by atoms with E-state index in [4.69, 9.17) is 17.3 Å². The Kier molecular flexibility index (Phi) is 5.06. The molecule has 2 aromatic rings. The van der Waals surface area contributed by atoms with Gasteiger partial charge in [0.1, 0.15) is 0 Å². The van der Waals surface area contributed by atoms with Gasteiger partial charge in [0.25, 0.3) is 0 Å². The smallest absolute Gasteiger partial charge is 0.189 e. The molecule has 0 radical (unpaired) electrons. The molecule has 0 bridgehead atoms. The summed E-state index contributed by atoms with van der Waals surface area (Å²) in [7, 11) is 0. The van der Waals surface area contributed by atoms with Crippen LogP contribution in [0.3, 0.4) is 0 Å². The number of nitrogen functional groups attached to an aromatic ring is 1. The maximum atomic E-state index is 5.88. The van der Waals surface area contributed by atoms with Crippen molar-refractivity contribution in [1.82, 2.24) is 15.0 Å². The van der Waals surface area contributed by atoms with Crippen LogP contribution in [0.2, 0.25) is 5.15 Å². The molecule has 0 aliphatic carbocycles.